The Kier molecular flexibility index (Phi) is 14.5. The van der Waals surface area contributed by atoms with Crippen LogP contribution in [0.5, 0.6) is 0 Å². The highest BCUT2D eigenvalue weighted by atomic mass is 13.8. The first-order chi connectivity index (χ1) is 5.27. The van der Waals surface area contributed by atoms with Gasteiger partial charge < -0.3 is 0 Å². The van der Waals surface area contributed by atoms with Crippen molar-refractivity contribution in [3.05, 3.63) is 24.3 Å². The van der Waals surface area contributed by atoms with Crippen molar-refractivity contribution < 1.29 is 0 Å². The number of allylic oxidation sites excluding steroid dienone is 4. The Morgan fingerprint density at radius 1 is 1.09 bits per heavy atom. The Bertz CT molecular complexity index is 96.6. The number of hydrogen-bond donors (Lipinski definition) is 0. The van der Waals surface area contributed by atoms with Gasteiger partial charge in [0, 0.05) is 0 Å². The van der Waals surface area contributed by atoms with Crippen LogP contribution in [-0.2, 0) is 0 Å². The predicted octanol–water partition coefficient (Wildman–Crippen LogP) is 4.19. The summed E-state index contributed by atoms with van der Waals surface area (Å²) in [7, 11) is 0. The van der Waals surface area contributed by atoms with Crippen LogP contribution in [0.25, 0.3) is 0 Å². The third-order valence-corrected chi connectivity index (χ3v) is 0.979. The Morgan fingerprint density at radius 3 is 2.00 bits per heavy atom. The zero-order valence-corrected chi connectivity index (χ0v) is 8.59. The van der Waals surface area contributed by atoms with Gasteiger partial charge in [-0.1, -0.05) is 58.9 Å². The Balaban J connectivity index is 0. The van der Waals surface area contributed by atoms with Gasteiger partial charge in [-0.05, 0) is 12.3 Å². The topological polar surface area (TPSA) is 0 Å². The molecule has 66 valence electrons. The first-order valence-electron chi connectivity index (χ1n) is 4.60. The highest BCUT2D eigenvalue weighted by molar-refractivity contribution is 5.02. The van der Waals surface area contributed by atoms with Gasteiger partial charge in [-0.3, -0.25) is 0 Å². The summed E-state index contributed by atoms with van der Waals surface area (Å²) in [5.74, 6) is 0.673. The molecule has 0 unspecified atom stereocenters. The molecule has 0 radical (unpaired) electrons. The molecule has 0 bridgehead atoms. The fourth-order valence-corrected chi connectivity index (χ4v) is 0.501. The highest BCUT2D eigenvalue weighted by Crippen LogP contribution is 1.93. The van der Waals surface area contributed by atoms with Crippen molar-refractivity contribution in [1.29, 1.82) is 0 Å². The van der Waals surface area contributed by atoms with Gasteiger partial charge in [-0.2, -0.15) is 0 Å². The number of rotatable bonds is 3. The summed E-state index contributed by atoms with van der Waals surface area (Å²) in [6.45, 7) is 10.5. The van der Waals surface area contributed by atoms with E-state index >= 15 is 0 Å². The van der Waals surface area contributed by atoms with E-state index in [2.05, 4.69) is 45.1 Å². The molecule has 0 N–H and O–H groups in total. The second kappa shape index (κ2) is 12.2. The summed E-state index contributed by atoms with van der Waals surface area (Å²) in [5, 5.41) is 0. The van der Waals surface area contributed by atoms with Gasteiger partial charge in [0.05, 0.1) is 0 Å². The lowest BCUT2D eigenvalue weighted by Crippen LogP contribution is -1.74. The Hall–Kier alpha value is -0.520. The molecule has 0 aromatic rings. The van der Waals surface area contributed by atoms with E-state index in [9.17, 15) is 0 Å². The minimum atomic E-state index is 0.673. The molecule has 0 heterocycles. The lowest BCUT2D eigenvalue weighted by atomic mass is 10.2. The zero-order valence-electron chi connectivity index (χ0n) is 8.59. The summed E-state index contributed by atoms with van der Waals surface area (Å²) < 4.78 is 0. The second-order valence-corrected chi connectivity index (χ2v) is 2.47. The van der Waals surface area contributed by atoms with Crippen LogP contribution < -0.4 is 0 Å². The maximum Gasteiger partial charge on any atom is -0.0287 e. The Labute approximate surface area is 72.0 Å². The molecule has 0 amide bonds. The van der Waals surface area contributed by atoms with Gasteiger partial charge in [-0.15, -0.1) is 0 Å². The highest BCUT2D eigenvalue weighted by Gasteiger charge is 1.78. The van der Waals surface area contributed by atoms with Crippen LogP contribution in [0.2, 0.25) is 0 Å². The van der Waals surface area contributed by atoms with Crippen molar-refractivity contribution in [1.82, 2.24) is 0 Å². The molecule has 0 aliphatic carbocycles. The van der Waals surface area contributed by atoms with Crippen molar-refractivity contribution in [2.75, 3.05) is 0 Å². The maximum atomic E-state index is 2.19. The van der Waals surface area contributed by atoms with Crippen LogP contribution in [0.1, 0.15) is 41.0 Å². The summed E-state index contributed by atoms with van der Waals surface area (Å²) in [4.78, 5) is 0. The van der Waals surface area contributed by atoms with Gasteiger partial charge in [0.1, 0.15) is 0 Å². The summed E-state index contributed by atoms with van der Waals surface area (Å²) >= 11 is 0. The summed E-state index contributed by atoms with van der Waals surface area (Å²) in [6, 6.07) is 0. The third kappa shape index (κ3) is 17.7. The fourth-order valence-electron chi connectivity index (χ4n) is 0.501. The van der Waals surface area contributed by atoms with Crippen molar-refractivity contribution in [3.8, 4) is 0 Å². The lowest BCUT2D eigenvalue weighted by molar-refractivity contribution is 0.832. The van der Waals surface area contributed by atoms with E-state index in [1.54, 1.807) is 0 Å². The molecule has 0 aromatic carbocycles. The standard InChI is InChI=1S/C9H16.C2H6/c1-4-5-6-7-8-9(2)3;1-2/h5-9H,4H2,1-3H3;1-2H3/b6-5-,8-7-;. The minimum Gasteiger partial charge on any atom is -0.0848 e. The molecule has 0 atom stereocenters. The average molecular weight is 154 g/mol. The van der Waals surface area contributed by atoms with Crippen molar-refractivity contribution in [3.63, 3.8) is 0 Å². The van der Waals surface area contributed by atoms with E-state index in [1.165, 1.54) is 0 Å². The van der Waals surface area contributed by atoms with Gasteiger partial charge in [0.2, 0.25) is 0 Å². The largest absolute Gasteiger partial charge is 0.0848 e. The second-order valence-electron chi connectivity index (χ2n) is 2.47. The van der Waals surface area contributed by atoms with Crippen LogP contribution in [0.15, 0.2) is 24.3 Å². The van der Waals surface area contributed by atoms with E-state index in [0.717, 1.165) is 6.42 Å². The first kappa shape index (κ1) is 13.1. The van der Waals surface area contributed by atoms with Gasteiger partial charge in [-0.25, -0.2) is 0 Å². The molecule has 0 aliphatic rings. The molecule has 0 fully saturated rings. The Morgan fingerprint density at radius 2 is 1.64 bits per heavy atom. The summed E-state index contributed by atoms with van der Waals surface area (Å²) in [6.07, 6.45) is 9.67. The molecule has 0 aliphatic heterocycles. The van der Waals surface area contributed by atoms with E-state index in [-0.39, 0.29) is 0 Å². The zero-order chi connectivity index (χ0) is 9.11. The third-order valence-electron chi connectivity index (χ3n) is 0.979. The van der Waals surface area contributed by atoms with Crippen LogP contribution in [0.3, 0.4) is 0 Å². The fraction of sp³-hybridized carbons (Fsp3) is 0.636. The molecular formula is C11H22. The number of hydrogen-bond acceptors (Lipinski definition) is 0. The molecule has 0 rings (SSSR count). The molecule has 0 saturated heterocycles. The van der Waals surface area contributed by atoms with Crippen LogP contribution >= 0.6 is 0 Å². The average Bonchev–Trinajstić information content (AvgIpc) is 2.02. The van der Waals surface area contributed by atoms with Crippen LogP contribution in [-0.4, -0.2) is 0 Å². The van der Waals surface area contributed by atoms with Crippen molar-refractivity contribution in [2.24, 2.45) is 5.92 Å². The van der Waals surface area contributed by atoms with E-state index in [0.29, 0.717) is 5.92 Å². The van der Waals surface area contributed by atoms with Crippen molar-refractivity contribution in [2.45, 2.75) is 41.0 Å². The van der Waals surface area contributed by atoms with Gasteiger partial charge in [0.25, 0.3) is 0 Å². The maximum absolute atomic E-state index is 2.19. The SMILES string of the molecule is CC.CC/C=C\C=C/C(C)C. The molecule has 11 heavy (non-hydrogen) atoms. The predicted molar refractivity (Wildman–Crippen MR) is 54.8 cm³/mol. The first-order valence-corrected chi connectivity index (χ1v) is 4.60. The smallest absolute Gasteiger partial charge is 0.0287 e. The molecule has 0 spiro atoms. The minimum absolute atomic E-state index is 0.673. The molecule has 0 aromatic heterocycles. The van der Waals surface area contributed by atoms with E-state index < -0.39 is 0 Å². The van der Waals surface area contributed by atoms with Gasteiger partial charge >= 0.3 is 0 Å². The van der Waals surface area contributed by atoms with E-state index in [1.807, 2.05) is 13.8 Å². The lowest BCUT2D eigenvalue weighted by Gasteiger charge is -1.88. The molecule has 0 heteroatoms. The normalized spacial score (nSPS) is 10.7. The molecule has 0 nitrogen and oxygen atoms in total. The molecule has 0 saturated carbocycles. The van der Waals surface area contributed by atoms with Crippen LogP contribution in [0.4, 0.5) is 0 Å². The monoisotopic (exact) mass is 154 g/mol. The van der Waals surface area contributed by atoms with Gasteiger partial charge in [0.15, 0.2) is 0 Å². The molecular weight excluding hydrogens is 132 g/mol. The van der Waals surface area contributed by atoms with Crippen LogP contribution in [0, 0.1) is 5.92 Å². The van der Waals surface area contributed by atoms with E-state index in [4.69, 9.17) is 0 Å². The quantitative estimate of drug-likeness (QED) is 0.535. The van der Waals surface area contributed by atoms with Crippen molar-refractivity contribution >= 4 is 0 Å². The summed E-state index contributed by atoms with van der Waals surface area (Å²) in [5.41, 5.74) is 0.